The van der Waals surface area contributed by atoms with Gasteiger partial charge in [0, 0.05) is 12.8 Å². The molecule has 1 fully saturated rings. The van der Waals surface area contributed by atoms with Crippen molar-refractivity contribution < 1.29 is 8.97 Å². The van der Waals surface area contributed by atoms with E-state index in [1.54, 1.807) is 0 Å². The molecule has 3 rings (SSSR count). The lowest BCUT2D eigenvalue weighted by molar-refractivity contribution is -1.05. The molecule has 160 valence electrons. The van der Waals surface area contributed by atoms with Gasteiger partial charge >= 0.3 is 0 Å². The lowest BCUT2D eigenvalue weighted by Crippen LogP contribution is -2.71. The molecule has 1 heterocycles. The highest BCUT2D eigenvalue weighted by Crippen LogP contribution is 2.28. The van der Waals surface area contributed by atoms with Crippen molar-refractivity contribution in [3.8, 4) is 0 Å². The van der Waals surface area contributed by atoms with Gasteiger partial charge in [-0.2, -0.15) is 0 Å². The molecule has 2 atom stereocenters. The van der Waals surface area contributed by atoms with Gasteiger partial charge in [-0.1, -0.05) is 73.8 Å². The SMILES string of the molecule is C=CC[N+]1(C(C)Cc2ccccc2)CC[N+](CC=C)(C(C)Cc2ccccc2)CC1. The fraction of sp³-hybridized carbons (Fsp3) is 0.429. The van der Waals surface area contributed by atoms with Crippen molar-refractivity contribution in [1.29, 1.82) is 0 Å². The van der Waals surface area contributed by atoms with Gasteiger partial charge in [-0.3, -0.25) is 0 Å². The first-order chi connectivity index (χ1) is 14.5. The molecule has 0 radical (unpaired) electrons. The van der Waals surface area contributed by atoms with E-state index >= 15 is 0 Å². The van der Waals surface area contributed by atoms with Gasteiger partial charge in [0.1, 0.15) is 26.2 Å². The van der Waals surface area contributed by atoms with Crippen LogP contribution in [-0.4, -0.2) is 60.3 Å². The average Bonchev–Trinajstić information content (AvgIpc) is 2.77. The summed E-state index contributed by atoms with van der Waals surface area (Å²) in [7, 11) is 0. The molecule has 2 unspecified atom stereocenters. The Morgan fingerprint density at radius 3 is 1.30 bits per heavy atom. The van der Waals surface area contributed by atoms with E-state index in [0.717, 1.165) is 34.9 Å². The van der Waals surface area contributed by atoms with Crippen molar-refractivity contribution in [2.45, 2.75) is 38.8 Å². The van der Waals surface area contributed by atoms with Crippen molar-refractivity contribution >= 4 is 0 Å². The molecule has 2 heteroatoms. The van der Waals surface area contributed by atoms with E-state index in [4.69, 9.17) is 0 Å². The molecule has 2 aromatic rings. The maximum atomic E-state index is 4.12. The Morgan fingerprint density at radius 2 is 1.00 bits per heavy atom. The number of piperazine rings is 1. The Morgan fingerprint density at radius 1 is 0.667 bits per heavy atom. The van der Waals surface area contributed by atoms with Crippen LogP contribution in [0, 0.1) is 0 Å². The Hall–Kier alpha value is -2.16. The molecule has 0 aliphatic carbocycles. The fourth-order valence-electron chi connectivity index (χ4n) is 5.44. The minimum atomic E-state index is 0.598. The number of hydrogen-bond acceptors (Lipinski definition) is 0. The van der Waals surface area contributed by atoms with Crippen molar-refractivity contribution in [2.75, 3.05) is 39.3 Å². The van der Waals surface area contributed by atoms with Gasteiger partial charge in [0.05, 0.1) is 25.2 Å². The molecular formula is C28H40N2+2. The second-order valence-corrected chi connectivity index (χ2v) is 9.35. The topological polar surface area (TPSA) is 0 Å². The van der Waals surface area contributed by atoms with Gasteiger partial charge in [0.25, 0.3) is 0 Å². The summed E-state index contributed by atoms with van der Waals surface area (Å²) >= 11 is 0. The van der Waals surface area contributed by atoms with Gasteiger partial charge in [-0.15, -0.1) is 0 Å². The van der Waals surface area contributed by atoms with Crippen LogP contribution in [0.4, 0.5) is 0 Å². The number of benzene rings is 2. The standard InChI is InChI=1S/C28H40N2/c1-5-17-29(25(3)23-27-13-9-7-10-14-27)19-21-30(18-6-2,22-20-29)26(4)24-28-15-11-8-12-16-28/h5-16,25-26H,1-2,17-24H2,3-4H3/q+2. The van der Waals surface area contributed by atoms with E-state index in [-0.39, 0.29) is 0 Å². The maximum Gasteiger partial charge on any atom is 0.129 e. The summed E-state index contributed by atoms with van der Waals surface area (Å²) in [6.45, 7) is 20.1. The number of rotatable bonds is 10. The molecule has 0 saturated carbocycles. The molecule has 0 bridgehead atoms. The van der Waals surface area contributed by atoms with Crippen LogP contribution in [-0.2, 0) is 12.8 Å². The summed E-state index contributed by atoms with van der Waals surface area (Å²) in [5.74, 6) is 0. The molecule has 1 aliphatic rings. The molecule has 30 heavy (non-hydrogen) atoms. The van der Waals surface area contributed by atoms with E-state index in [1.165, 1.54) is 37.3 Å². The van der Waals surface area contributed by atoms with Crippen LogP contribution in [0.1, 0.15) is 25.0 Å². The molecule has 1 saturated heterocycles. The van der Waals surface area contributed by atoms with Gasteiger partial charge in [0.15, 0.2) is 0 Å². The van der Waals surface area contributed by atoms with Gasteiger partial charge < -0.3 is 8.97 Å². The van der Waals surface area contributed by atoms with E-state index in [9.17, 15) is 0 Å². The lowest BCUT2D eigenvalue weighted by Gasteiger charge is -2.54. The monoisotopic (exact) mass is 404 g/mol. The molecule has 2 nitrogen and oxygen atoms in total. The van der Waals surface area contributed by atoms with Gasteiger partial charge in [0.2, 0.25) is 0 Å². The molecule has 0 aromatic heterocycles. The largest absolute Gasteiger partial charge is 0.309 e. The first kappa shape index (κ1) is 22.5. The first-order valence-electron chi connectivity index (χ1n) is 11.5. The number of hydrogen-bond donors (Lipinski definition) is 0. The quantitative estimate of drug-likeness (QED) is 0.374. The van der Waals surface area contributed by atoms with Gasteiger partial charge in [-0.25, -0.2) is 0 Å². The van der Waals surface area contributed by atoms with E-state index in [0.29, 0.717) is 12.1 Å². The molecule has 0 spiro atoms. The third-order valence-electron chi connectivity index (χ3n) is 7.58. The molecule has 2 aromatic carbocycles. The van der Waals surface area contributed by atoms with Crippen molar-refractivity contribution in [2.24, 2.45) is 0 Å². The summed E-state index contributed by atoms with van der Waals surface area (Å²) in [4.78, 5) is 0. The Bertz CT molecular complexity index is 718. The number of quaternary nitrogens is 2. The summed E-state index contributed by atoms with van der Waals surface area (Å²) in [5, 5.41) is 0. The van der Waals surface area contributed by atoms with Crippen LogP contribution in [0.2, 0.25) is 0 Å². The van der Waals surface area contributed by atoms with Crippen molar-refractivity contribution in [1.82, 2.24) is 0 Å². The maximum absolute atomic E-state index is 4.12. The highest BCUT2D eigenvalue weighted by molar-refractivity contribution is 5.16. The zero-order chi connectivity index (χ0) is 21.5. The van der Waals surface area contributed by atoms with Crippen LogP contribution in [0.15, 0.2) is 86.0 Å². The van der Waals surface area contributed by atoms with Crippen LogP contribution < -0.4 is 0 Å². The predicted octanol–water partition coefficient (Wildman–Crippen LogP) is 5.27. The van der Waals surface area contributed by atoms with Crippen LogP contribution in [0.25, 0.3) is 0 Å². The van der Waals surface area contributed by atoms with Crippen LogP contribution >= 0.6 is 0 Å². The summed E-state index contributed by atoms with van der Waals surface area (Å²) in [6.07, 6.45) is 6.55. The molecule has 0 amide bonds. The Balaban J connectivity index is 1.75. The first-order valence-corrected chi connectivity index (χ1v) is 11.5. The average molecular weight is 405 g/mol. The minimum absolute atomic E-state index is 0.598. The van der Waals surface area contributed by atoms with Crippen molar-refractivity contribution in [3.05, 3.63) is 97.1 Å². The predicted molar refractivity (Wildman–Crippen MR) is 129 cm³/mol. The zero-order valence-corrected chi connectivity index (χ0v) is 19.0. The van der Waals surface area contributed by atoms with Crippen LogP contribution in [0.3, 0.4) is 0 Å². The number of nitrogens with zero attached hydrogens (tertiary/aromatic N) is 2. The molecular weight excluding hydrogens is 364 g/mol. The van der Waals surface area contributed by atoms with E-state index in [1.807, 2.05) is 0 Å². The minimum Gasteiger partial charge on any atom is -0.309 e. The van der Waals surface area contributed by atoms with Crippen LogP contribution in [0.5, 0.6) is 0 Å². The third-order valence-corrected chi connectivity index (χ3v) is 7.58. The molecule has 0 N–H and O–H groups in total. The second-order valence-electron chi connectivity index (χ2n) is 9.35. The van der Waals surface area contributed by atoms with Crippen molar-refractivity contribution in [3.63, 3.8) is 0 Å². The third kappa shape index (κ3) is 5.11. The molecule has 1 aliphatic heterocycles. The Kier molecular flexibility index (Phi) is 7.69. The smallest absolute Gasteiger partial charge is 0.129 e. The summed E-state index contributed by atoms with van der Waals surface area (Å²) in [5.41, 5.74) is 2.89. The summed E-state index contributed by atoms with van der Waals surface area (Å²) in [6, 6.07) is 23.1. The second kappa shape index (κ2) is 10.2. The lowest BCUT2D eigenvalue weighted by atomic mass is 9.98. The van der Waals surface area contributed by atoms with Gasteiger partial charge in [-0.05, 0) is 37.1 Å². The zero-order valence-electron chi connectivity index (χ0n) is 19.0. The highest BCUT2D eigenvalue weighted by Gasteiger charge is 2.46. The van der Waals surface area contributed by atoms with E-state index in [2.05, 4.69) is 99.8 Å². The highest BCUT2D eigenvalue weighted by atomic mass is 15.5. The fourth-order valence-corrected chi connectivity index (χ4v) is 5.44. The normalized spacial score (nSPS) is 25.9. The summed E-state index contributed by atoms with van der Waals surface area (Å²) < 4.78 is 2.32. The Labute approximate surface area is 184 Å². The van der Waals surface area contributed by atoms with E-state index < -0.39 is 0 Å².